The van der Waals surface area contributed by atoms with Crippen LogP contribution < -0.4 is 10.5 Å². The minimum Gasteiger partial charge on any atom is -0.488 e. The molecular formula is C21H29NO3. The molecule has 0 aliphatic rings. The van der Waals surface area contributed by atoms with Crippen LogP contribution >= 0.6 is 0 Å². The van der Waals surface area contributed by atoms with Crippen LogP contribution in [0.15, 0.2) is 54.6 Å². The fourth-order valence-corrected chi connectivity index (χ4v) is 2.11. The van der Waals surface area contributed by atoms with Gasteiger partial charge in [0, 0.05) is 0 Å². The molecule has 0 fully saturated rings. The van der Waals surface area contributed by atoms with E-state index < -0.39 is 6.09 Å². The molecule has 0 radical (unpaired) electrons. The van der Waals surface area contributed by atoms with Crippen LogP contribution in [0, 0.1) is 0 Å². The summed E-state index contributed by atoms with van der Waals surface area (Å²) in [6.45, 7) is 10.8. The van der Waals surface area contributed by atoms with Gasteiger partial charge in [-0.2, -0.15) is 0 Å². The maximum Gasteiger partial charge on any atom is 0.404 e. The Balaban J connectivity index is 0.000000257. The first-order valence-corrected chi connectivity index (χ1v) is 8.43. The predicted molar refractivity (Wildman–Crippen MR) is 102 cm³/mol. The number of nitrogens with two attached hydrogens (primary N) is 1. The molecule has 2 N–H and O–H groups in total. The summed E-state index contributed by atoms with van der Waals surface area (Å²) in [6.07, 6.45) is -0.742. The molecule has 0 aliphatic carbocycles. The highest BCUT2D eigenvalue weighted by Crippen LogP contribution is 2.28. The number of benzene rings is 2. The van der Waals surface area contributed by atoms with E-state index in [0.717, 1.165) is 11.3 Å². The number of para-hydroxylation sites is 1. The number of carbonyl (C=O) groups excluding carboxylic acids is 1. The number of hydrogen-bond donors (Lipinski definition) is 1. The first kappa shape index (κ1) is 20.6. The van der Waals surface area contributed by atoms with Gasteiger partial charge in [0.2, 0.25) is 0 Å². The average Bonchev–Trinajstić information content (AvgIpc) is 2.53. The number of ether oxygens (including phenoxy) is 2. The number of amides is 1. The van der Waals surface area contributed by atoms with E-state index in [1.165, 1.54) is 5.56 Å². The maximum absolute atomic E-state index is 10.2. The van der Waals surface area contributed by atoms with Crippen LogP contribution in [0.25, 0.3) is 0 Å². The molecule has 0 saturated carbocycles. The Kier molecular flexibility index (Phi) is 7.99. The summed E-state index contributed by atoms with van der Waals surface area (Å²) in [6, 6.07) is 17.6. The Labute approximate surface area is 151 Å². The van der Waals surface area contributed by atoms with Gasteiger partial charge in [-0.3, -0.25) is 0 Å². The van der Waals surface area contributed by atoms with Crippen molar-refractivity contribution in [1.82, 2.24) is 0 Å². The van der Waals surface area contributed by atoms with Crippen molar-refractivity contribution in [3.8, 4) is 5.75 Å². The van der Waals surface area contributed by atoms with Crippen molar-refractivity contribution in [3.63, 3.8) is 0 Å². The zero-order valence-electron chi connectivity index (χ0n) is 15.8. The van der Waals surface area contributed by atoms with Crippen LogP contribution in [-0.2, 0) is 11.3 Å². The van der Waals surface area contributed by atoms with E-state index in [1.807, 2.05) is 42.5 Å². The highest BCUT2D eigenvalue weighted by Gasteiger charge is 2.15. The summed E-state index contributed by atoms with van der Waals surface area (Å²) in [4.78, 5) is 10.2. The van der Waals surface area contributed by atoms with E-state index in [4.69, 9.17) is 10.5 Å². The molecule has 4 nitrogen and oxygen atoms in total. The van der Waals surface area contributed by atoms with Gasteiger partial charge in [0.15, 0.2) is 0 Å². The molecule has 25 heavy (non-hydrogen) atoms. The van der Waals surface area contributed by atoms with Gasteiger partial charge in [-0.15, -0.1) is 0 Å². The molecule has 1 amide bonds. The second-order valence-electron chi connectivity index (χ2n) is 7.00. The normalized spacial score (nSPS) is 10.6. The second-order valence-corrected chi connectivity index (χ2v) is 7.00. The Morgan fingerprint density at radius 1 is 1.00 bits per heavy atom. The standard InChI is InChI=1S/C13H20O.C8H9NO2/c1-10(2)11-8-6-7-9-12(11)14-13(3,4)5;9-8(10)11-6-7-4-2-1-3-5-7/h6-10H,1-5H3;1-5H,6H2,(H2,9,10). The van der Waals surface area contributed by atoms with Gasteiger partial charge >= 0.3 is 6.09 Å². The van der Waals surface area contributed by atoms with Crippen LogP contribution in [0.2, 0.25) is 0 Å². The van der Waals surface area contributed by atoms with Crippen molar-refractivity contribution in [2.24, 2.45) is 5.73 Å². The van der Waals surface area contributed by atoms with Crippen molar-refractivity contribution >= 4 is 6.09 Å². The molecule has 0 spiro atoms. The summed E-state index contributed by atoms with van der Waals surface area (Å²) < 4.78 is 10.5. The third-order valence-corrected chi connectivity index (χ3v) is 3.18. The van der Waals surface area contributed by atoms with Gasteiger partial charge in [-0.25, -0.2) is 4.79 Å². The Hall–Kier alpha value is -2.49. The third-order valence-electron chi connectivity index (χ3n) is 3.18. The Morgan fingerprint density at radius 2 is 1.56 bits per heavy atom. The lowest BCUT2D eigenvalue weighted by molar-refractivity contribution is 0.129. The summed E-state index contributed by atoms with van der Waals surface area (Å²) >= 11 is 0. The van der Waals surface area contributed by atoms with Crippen molar-refractivity contribution < 1.29 is 14.3 Å². The first-order valence-electron chi connectivity index (χ1n) is 8.43. The molecule has 0 aliphatic heterocycles. The molecule has 0 heterocycles. The average molecular weight is 343 g/mol. The topological polar surface area (TPSA) is 61.5 Å². The lowest BCUT2D eigenvalue weighted by Gasteiger charge is -2.24. The van der Waals surface area contributed by atoms with E-state index in [0.29, 0.717) is 5.92 Å². The van der Waals surface area contributed by atoms with Crippen LogP contribution in [0.4, 0.5) is 4.79 Å². The zero-order chi connectivity index (χ0) is 18.9. The lowest BCUT2D eigenvalue weighted by Crippen LogP contribution is -2.23. The molecule has 2 rings (SSSR count). The van der Waals surface area contributed by atoms with E-state index in [9.17, 15) is 4.79 Å². The van der Waals surface area contributed by atoms with Crippen LogP contribution in [0.5, 0.6) is 5.75 Å². The molecule has 0 aromatic heterocycles. The fraction of sp³-hybridized carbons (Fsp3) is 0.381. The highest BCUT2D eigenvalue weighted by atomic mass is 16.5. The molecule has 2 aromatic rings. The summed E-state index contributed by atoms with van der Waals surface area (Å²) in [5.41, 5.74) is 6.88. The van der Waals surface area contributed by atoms with Gasteiger partial charge < -0.3 is 15.2 Å². The van der Waals surface area contributed by atoms with Crippen molar-refractivity contribution in [1.29, 1.82) is 0 Å². The summed E-state index contributed by atoms with van der Waals surface area (Å²) in [7, 11) is 0. The van der Waals surface area contributed by atoms with Gasteiger partial charge in [0.1, 0.15) is 18.0 Å². The number of hydrogen-bond acceptors (Lipinski definition) is 3. The SMILES string of the molecule is CC(C)c1ccccc1OC(C)(C)C.NC(=O)OCc1ccccc1. The van der Waals surface area contributed by atoms with Crippen molar-refractivity contribution in [3.05, 3.63) is 65.7 Å². The molecule has 2 aromatic carbocycles. The van der Waals surface area contributed by atoms with Crippen molar-refractivity contribution in [2.45, 2.75) is 52.7 Å². The Bertz CT molecular complexity index is 646. The molecule has 0 unspecified atom stereocenters. The van der Waals surface area contributed by atoms with Gasteiger partial charge in [0.05, 0.1) is 0 Å². The van der Waals surface area contributed by atoms with Gasteiger partial charge in [-0.1, -0.05) is 62.4 Å². The molecule has 4 heteroatoms. The second kappa shape index (κ2) is 9.72. The minimum absolute atomic E-state index is 0.120. The minimum atomic E-state index is -0.742. The number of primary amides is 1. The molecular weight excluding hydrogens is 314 g/mol. The lowest BCUT2D eigenvalue weighted by atomic mass is 10.0. The fourth-order valence-electron chi connectivity index (χ4n) is 2.11. The molecule has 136 valence electrons. The van der Waals surface area contributed by atoms with E-state index in [2.05, 4.69) is 51.5 Å². The van der Waals surface area contributed by atoms with Gasteiger partial charge in [-0.05, 0) is 43.9 Å². The maximum atomic E-state index is 10.2. The summed E-state index contributed by atoms with van der Waals surface area (Å²) in [5, 5.41) is 0. The number of rotatable bonds is 4. The monoisotopic (exact) mass is 343 g/mol. The van der Waals surface area contributed by atoms with Crippen molar-refractivity contribution in [2.75, 3.05) is 0 Å². The number of carbonyl (C=O) groups is 1. The molecule has 0 saturated heterocycles. The van der Waals surface area contributed by atoms with E-state index in [-0.39, 0.29) is 12.2 Å². The van der Waals surface area contributed by atoms with Crippen LogP contribution in [-0.4, -0.2) is 11.7 Å². The Morgan fingerprint density at radius 3 is 2.08 bits per heavy atom. The zero-order valence-corrected chi connectivity index (χ0v) is 15.8. The smallest absolute Gasteiger partial charge is 0.404 e. The summed E-state index contributed by atoms with van der Waals surface area (Å²) in [5.74, 6) is 1.52. The molecule has 0 atom stereocenters. The van der Waals surface area contributed by atoms with Gasteiger partial charge in [0.25, 0.3) is 0 Å². The first-order chi connectivity index (χ1) is 11.7. The van der Waals surface area contributed by atoms with Crippen LogP contribution in [0.1, 0.15) is 51.7 Å². The quantitative estimate of drug-likeness (QED) is 0.822. The van der Waals surface area contributed by atoms with E-state index in [1.54, 1.807) is 0 Å². The third kappa shape index (κ3) is 8.80. The largest absolute Gasteiger partial charge is 0.488 e. The predicted octanol–water partition coefficient (Wildman–Crippen LogP) is 5.27. The highest BCUT2D eigenvalue weighted by molar-refractivity contribution is 5.64. The van der Waals surface area contributed by atoms with Crippen LogP contribution in [0.3, 0.4) is 0 Å². The van der Waals surface area contributed by atoms with E-state index >= 15 is 0 Å². The molecule has 0 bridgehead atoms.